The van der Waals surface area contributed by atoms with E-state index in [0.29, 0.717) is 0 Å². The van der Waals surface area contributed by atoms with Crippen molar-refractivity contribution in [2.24, 2.45) is 0 Å². The number of aryl methyl sites for hydroxylation is 4. The van der Waals surface area contributed by atoms with Crippen LogP contribution in [0.4, 0.5) is 11.4 Å². The quantitative estimate of drug-likeness (QED) is 0.486. The fourth-order valence-electron chi connectivity index (χ4n) is 3.86. The van der Waals surface area contributed by atoms with E-state index in [4.69, 9.17) is 35.5 Å². The Kier molecular flexibility index (Phi) is 7.90. The van der Waals surface area contributed by atoms with Crippen LogP contribution in [0.15, 0.2) is 53.1 Å². The minimum Gasteiger partial charge on any atom is -0.398 e. The van der Waals surface area contributed by atoms with Gasteiger partial charge in [-0.3, -0.25) is 5.41 Å². The summed E-state index contributed by atoms with van der Waals surface area (Å²) in [6.07, 6.45) is 4.33. The maximum atomic E-state index is 8.49. The third-order valence-corrected chi connectivity index (χ3v) is 5.65. The molecule has 3 rings (SSSR count). The van der Waals surface area contributed by atoms with E-state index in [2.05, 4.69) is 78.0 Å². The van der Waals surface area contributed by atoms with Gasteiger partial charge in [-0.2, -0.15) is 0 Å². The van der Waals surface area contributed by atoms with Gasteiger partial charge in [-0.05, 0) is 122 Å². The van der Waals surface area contributed by atoms with Crippen LogP contribution in [0.25, 0.3) is 5.57 Å². The van der Waals surface area contributed by atoms with Crippen LogP contribution in [0, 0.1) is 37.9 Å². The zero-order valence-corrected chi connectivity index (χ0v) is 20.5. The summed E-state index contributed by atoms with van der Waals surface area (Å²) >= 11 is 0. The lowest BCUT2D eigenvalue weighted by atomic mass is 9.85. The van der Waals surface area contributed by atoms with Crippen molar-refractivity contribution >= 4 is 22.7 Å². The van der Waals surface area contributed by atoms with Crippen LogP contribution < -0.4 is 35.5 Å². The van der Waals surface area contributed by atoms with Crippen LogP contribution in [0.3, 0.4) is 0 Å². The molecule has 8 heteroatoms. The second kappa shape index (κ2) is 9.91. The second-order valence-corrected chi connectivity index (χ2v) is 9.08. The monoisotopic (exact) mass is 471 g/mol. The van der Waals surface area contributed by atoms with Crippen LogP contribution in [0.1, 0.15) is 47.2 Å². The number of nitrogen functional groups attached to an aromatic ring is 2. The lowest BCUT2D eigenvalue weighted by Crippen LogP contribution is -2.68. The molecule has 0 spiro atoms. The minimum absolute atomic E-state index is 0.845. The maximum Gasteiger partial charge on any atom is 0.202 e. The van der Waals surface area contributed by atoms with E-state index in [-0.39, 0.29) is 0 Å². The van der Waals surface area contributed by atoms with Gasteiger partial charge in [-0.25, -0.2) is 18.6 Å². The predicted octanol–water partition coefficient (Wildman–Crippen LogP) is -0.763. The van der Waals surface area contributed by atoms with Crippen molar-refractivity contribution in [3.8, 4) is 0 Å². The van der Waals surface area contributed by atoms with Crippen molar-refractivity contribution in [3.05, 3.63) is 86.5 Å². The van der Waals surface area contributed by atoms with Gasteiger partial charge in [-0.1, -0.05) is 0 Å². The van der Waals surface area contributed by atoms with Crippen LogP contribution >= 0.6 is 0 Å². The van der Waals surface area contributed by atoms with Gasteiger partial charge in [0.05, 0.1) is 0 Å². The Morgan fingerprint density at radius 3 is 1.21 bits per heavy atom. The molecular formula is C25H30ClN3O4. The first kappa shape index (κ1) is 26.3. The lowest BCUT2D eigenvalue weighted by molar-refractivity contribution is -2.00. The molecule has 0 radical (unpaired) electrons. The highest BCUT2D eigenvalue weighted by molar-refractivity contribution is 6.10. The summed E-state index contributed by atoms with van der Waals surface area (Å²) < 4.78 is 34.0. The number of benzene rings is 2. The average Bonchev–Trinajstić information content (AvgIpc) is 2.67. The molecule has 1 aliphatic carbocycles. The summed E-state index contributed by atoms with van der Waals surface area (Å²) in [5, 5.41) is 6.22. The molecule has 176 valence electrons. The SMILES string of the molecule is CC1=CC(=C(c2cc(C)c(N)c(C)c2)c2cc(C)c(N)c(C)c2)C=C(C)C1=[NH2+].[O-][Cl+3]([O-])([O-])[O-]. The molecule has 0 amide bonds. The number of anilines is 2. The first-order valence-electron chi connectivity index (χ1n) is 10.2. The minimum atomic E-state index is -4.94. The molecule has 0 bridgehead atoms. The van der Waals surface area contributed by atoms with Gasteiger partial charge in [0.25, 0.3) is 0 Å². The summed E-state index contributed by atoms with van der Waals surface area (Å²) in [6.45, 7) is 12.3. The van der Waals surface area contributed by atoms with Crippen molar-refractivity contribution in [3.63, 3.8) is 0 Å². The Hall–Kier alpha value is -2.94. The van der Waals surface area contributed by atoms with Crippen LogP contribution in [0.2, 0.25) is 0 Å². The van der Waals surface area contributed by atoms with Gasteiger partial charge in [0.15, 0.2) is 0 Å². The number of hydrogen-bond donors (Lipinski definition) is 3. The zero-order valence-electron chi connectivity index (χ0n) is 19.7. The molecule has 0 unspecified atom stereocenters. The fourth-order valence-corrected chi connectivity index (χ4v) is 3.86. The molecule has 2 aromatic rings. The van der Waals surface area contributed by atoms with Gasteiger partial charge in [0.1, 0.15) is 0 Å². The van der Waals surface area contributed by atoms with Gasteiger partial charge in [-0.15, -0.1) is 10.2 Å². The normalized spacial score (nSPS) is 13.8. The molecule has 0 fully saturated rings. The number of allylic oxidation sites excluding steroid dienone is 5. The largest absolute Gasteiger partial charge is 0.398 e. The first-order chi connectivity index (χ1) is 15.1. The second-order valence-electron chi connectivity index (χ2n) is 8.32. The topological polar surface area (TPSA) is 170 Å². The van der Waals surface area contributed by atoms with E-state index in [1.807, 2.05) is 0 Å². The molecule has 0 atom stereocenters. The molecule has 0 aromatic heterocycles. The standard InChI is InChI=1S/C25H29N3.ClHO4/c1-13-7-19(8-14(2)23(13)26)22(20-9-15(3)24(27)16(4)10-20)21-11-17(5)25(28)18(6)12-21;2-1(3,4)5/h7-12,26H,27-28H2,1-6H3;(H,2,3,4,5). The average molecular weight is 472 g/mol. The van der Waals surface area contributed by atoms with E-state index in [0.717, 1.165) is 67.2 Å². The Morgan fingerprint density at radius 1 is 0.667 bits per heavy atom. The third kappa shape index (κ3) is 6.54. The highest BCUT2D eigenvalue weighted by atomic mass is 35.7. The van der Waals surface area contributed by atoms with E-state index in [9.17, 15) is 0 Å². The Bertz CT molecular complexity index is 1070. The van der Waals surface area contributed by atoms with E-state index in [1.165, 1.54) is 5.57 Å². The van der Waals surface area contributed by atoms with E-state index < -0.39 is 10.2 Å². The summed E-state index contributed by atoms with van der Waals surface area (Å²) in [4.78, 5) is 0. The number of rotatable bonds is 2. The summed E-state index contributed by atoms with van der Waals surface area (Å²) in [7, 11) is -4.94. The molecule has 1 aliphatic rings. The zero-order chi connectivity index (χ0) is 25.2. The third-order valence-electron chi connectivity index (χ3n) is 5.65. The van der Waals surface area contributed by atoms with Crippen LogP contribution in [-0.4, -0.2) is 5.71 Å². The maximum absolute atomic E-state index is 8.49. The lowest BCUT2D eigenvalue weighted by Gasteiger charge is -2.19. The van der Waals surface area contributed by atoms with Gasteiger partial charge in [0.2, 0.25) is 5.71 Å². The molecule has 0 aliphatic heterocycles. The first-order valence-corrected chi connectivity index (χ1v) is 11.4. The highest BCUT2D eigenvalue weighted by Crippen LogP contribution is 2.36. The number of hydrogen-bond acceptors (Lipinski definition) is 6. The molecule has 0 heterocycles. The summed E-state index contributed by atoms with van der Waals surface area (Å²) in [6, 6.07) is 8.67. The van der Waals surface area contributed by atoms with Crippen LogP contribution in [-0.2, 0) is 0 Å². The molecule has 0 saturated carbocycles. The van der Waals surface area contributed by atoms with Crippen molar-refractivity contribution in [1.82, 2.24) is 0 Å². The predicted molar refractivity (Wildman–Crippen MR) is 121 cm³/mol. The van der Waals surface area contributed by atoms with Crippen LogP contribution in [0.5, 0.6) is 0 Å². The van der Waals surface area contributed by atoms with E-state index >= 15 is 0 Å². The summed E-state index contributed by atoms with van der Waals surface area (Å²) in [5.74, 6) is 0. The van der Waals surface area contributed by atoms with Crippen molar-refractivity contribution in [2.45, 2.75) is 41.5 Å². The van der Waals surface area contributed by atoms with Crippen molar-refractivity contribution in [2.75, 3.05) is 11.5 Å². The van der Waals surface area contributed by atoms with Gasteiger partial charge < -0.3 is 11.5 Å². The molecule has 2 aromatic carbocycles. The van der Waals surface area contributed by atoms with Gasteiger partial charge in [0, 0.05) is 22.5 Å². The van der Waals surface area contributed by atoms with Crippen molar-refractivity contribution in [1.29, 1.82) is 0 Å². The fraction of sp³-hybridized carbons (Fsp3) is 0.240. The summed E-state index contributed by atoms with van der Waals surface area (Å²) in [5.41, 5.74) is 26.1. The smallest absolute Gasteiger partial charge is 0.202 e. The van der Waals surface area contributed by atoms with E-state index in [1.54, 1.807) is 0 Å². The Morgan fingerprint density at radius 2 is 0.939 bits per heavy atom. The molecule has 6 N–H and O–H groups in total. The molecule has 33 heavy (non-hydrogen) atoms. The van der Waals surface area contributed by atoms with Gasteiger partial charge >= 0.3 is 0 Å². The Balaban J connectivity index is 0.000000696. The van der Waals surface area contributed by atoms with Crippen molar-refractivity contribution < 1.29 is 34.3 Å². The molecule has 7 nitrogen and oxygen atoms in total. The molecular weight excluding hydrogens is 442 g/mol. The number of halogens is 1. The molecule has 0 saturated heterocycles. The number of nitrogens with two attached hydrogens (primary N) is 3. The Labute approximate surface area is 196 Å². The highest BCUT2D eigenvalue weighted by Gasteiger charge is 2.20.